The molecule has 0 aliphatic carbocycles. The lowest BCUT2D eigenvalue weighted by atomic mass is 10.1. The molecule has 0 aliphatic heterocycles. The summed E-state index contributed by atoms with van der Waals surface area (Å²) in [4.78, 5) is 17.0. The number of anilines is 1. The number of hydrogen-bond donors (Lipinski definition) is 1. The molecule has 0 fully saturated rings. The van der Waals surface area contributed by atoms with E-state index in [1.807, 2.05) is 51.1 Å². The number of nitrogens with one attached hydrogen (secondary N) is 1. The number of fused-ring (bicyclic) bond motifs is 1. The maximum absolute atomic E-state index is 12.5. The van der Waals surface area contributed by atoms with Gasteiger partial charge in [0.1, 0.15) is 5.69 Å². The van der Waals surface area contributed by atoms with E-state index in [9.17, 15) is 4.79 Å². The third kappa shape index (κ3) is 2.57. The smallest absolute Gasteiger partial charge is 0.273 e. The van der Waals surface area contributed by atoms with E-state index >= 15 is 0 Å². The number of hydrogen-bond acceptors (Lipinski definition) is 3. The Bertz CT molecular complexity index is 851. The van der Waals surface area contributed by atoms with Gasteiger partial charge in [0.25, 0.3) is 5.91 Å². The van der Waals surface area contributed by atoms with E-state index in [1.54, 1.807) is 10.7 Å². The third-order valence-electron chi connectivity index (χ3n) is 3.55. The molecule has 1 aromatic carbocycles. The molecule has 0 unspecified atom stereocenters. The van der Waals surface area contributed by atoms with E-state index < -0.39 is 0 Å². The molecule has 0 aliphatic rings. The van der Waals surface area contributed by atoms with Crippen LogP contribution in [0.3, 0.4) is 0 Å². The van der Waals surface area contributed by atoms with Gasteiger partial charge in [0.05, 0.1) is 16.9 Å². The van der Waals surface area contributed by atoms with Crippen molar-refractivity contribution in [3.63, 3.8) is 0 Å². The number of carbonyl (C=O) groups excluding carboxylic acids is 1. The number of rotatable bonds is 3. The van der Waals surface area contributed by atoms with Gasteiger partial charge in [0.15, 0.2) is 0 Å². The van der Waals surface area contributed by atoms with Gasteiger partial charge in [-0.15, -0.1) is 0 Å². The summed E-state index contributed by atoms with van der Waals surface area (Å²) < 4.78 is 1.71. The zero-order valence-electron chi connectivity index (χ0n) is 12.9. The van der Waals surface area contributed by atoms with Crippen LogP contribution in [0.15, 0.2) is 36.4 Å². The molecule has 5 heteroatoms. The molecule has 5 nitrogen and oxygen atoms in total. The Hall–Kier alpha value is -2.69. The van der Waals surface area contributed by atoms with Crippen LogP contribution in [-0.4, -0.2) is 20.7 Å². The number of aryl methyl sites for hydroxylation is 3. The number of aromatic nitrogens is 3. The quantitative estimate of drug-likeness (QED) is 0.806. The standard InChI is InChI=1S/C17H18N4O/c1-4-21-16(10-12(3)20-21)17(22)19-15-7-5-6-14-13(15)9-8-11(2)18-14/h5-10H,4H2,1-3H3,(H,19,22). The fraction of sp³-hybridized carbons (Fsp3) is 0.235. The van der Waals surface area contributed by atoms with Crippen molar-refractivity contribution in [2.75, 3.05) is 5.32 Å². The number of pyridine rings is 1. The number of amides is 1. The predicted octanol–water partition coefficient (Wildman–Crippen LogP) is 3.32. The van der Waals surface area contributed by atoms with Crippen LogP contribution in [0.5, 0.6) is 0 Å². The van der Waals surface area contributed by atoms with E-state index in [0.29, 0.717) is 12.2 Å². The molecule has 0 radical (unpaired) electrons. The van der Waals surface area contributed by atoms with E-state index in [4.69, 9.17) is 0 Å². The SMILES string of the molecule is CCn1nc(C)cc1C(=O)Nc1cccc2nc(C)ccc12. The minimum Gasteiger partial charge on any atom is -0.320 e. The molecule has 3 aromatic rings. The average Bonchev–Trinajstić information content (AvgIpc) is 2.88. The summed E-state index contributed by atoms with van der Waals surface area (Å²) in [6, 6.07) is 11.4. The van der Waals surface area contributed by atoms with E-state index in [0.717, 1.165) is 28.0 Å². The zero-order valence-corrected chi connectivity index (χ0v) is 12.9. The summed E-state index contributed by atoms with van der Waals surface area (Å²) in [7, 11) is 0. The van der Waals surface area contributed by atoms with Gasteiger partial charge in [-0.25, -0.2) is 0 Å². The Morgan fingerprint density at radius 3 is 2.77 bits per heavy atom. The van der Waals surface area contributed by atoms with Crippen molar-refractivity contribution >= 4 is 22.5 Å². The molecule has 3 rings (SSSR count). The lowest BCUT2D eigenvalue weighted by Gasteiger charge is -2.09. The Labute approximate surface area is 129 Å². The minimum absolute atomic E-state index is 0.157. The topological polar surface area (TPSA) is 59.8 Å². The number of carbonyl (C=O) groups is 1. The second kappa shape index (κ2) is 5.60. The molecule has 1 N–H and O–H groups in total. The Morgan fingerprint density at radius 1 is 1.18 bits per heavy atom. The first-order chi connectivity index (χ1) is 10.6. The van der Waals surface area contributed by atoms with E-state index in [2.05, 4.69) is 15.4 Å². The van der Waals surface area contributed by atoms with Crippen LogP contribution < -0.4 is 5.32 Å². The van der Waals surface area contributed by atoms with Gasteiger partial charge in [-0.05, 0) is 51.1 Å². The first kappa shape index (κ1) is 14.3. The van der Waals surface area contributed by atoms with E-state index in [-0.39, 0.29) is 5.91 Å². The second-order valence-electron chi connectivity index (χ2n) is 5.27. The highest BCUT2D eigenvalue weighted by atomic mass is 16.2. The van der Waals surface area contributed by atoms with Crippen molar-refractivity contribution in [3.05, 3.63) is 53.5 Å². The molecule has 2 heterocycles. The van der Waals surface area contributed by atoms with Gasteiger partial charge in [0, 0.05) is 17.6 Å². The van der Waals surface area contributed by atoms with Crippen molar-refractivity contribution in [2.24, 2.45) is 0 Å². The molecule has 0 atom stereocenters. The Balaban J connectivity index is 1.97. The van der Waals surface area contributed by atoms with Crippen LogP contribution in [0, 0.1) is 13.8 Å². The van der Waals surface area contributed by atoms with Gasteiger partial charge in [0.2, 0.25) is 0 Å². The fourth-order valence-electron chi connectivity index (χ4n) is 2.52. The third-order valence-corrected chi connectivity index (χ3v) is 3.55. The molecular formula is C17H18N4O. The Kier molecular flexibility index (Phi) is 3.63. The molecule has 0 bridgehead atoms. The number of nitrogens with zero attached hydrogens (tertiary/aromatic N) is 3. The molecule has 0 saturated carbocycles. The van der Waals surface area contributed by atoms with Crippen molar-refractivity contribution in [1.29, 1.82) is 0 Å². The maximum atomic E-state index is 12.5. The van der Waals surface area contributed by atoms with Gasteiger partial charge >= 0.3 is 0 Å². The molecule has 22 heavy (non-hydrogen) atoms. The molecule has 1 amide bonds. The van der Waals surface area contributed by atoms with Crippen molar-refractivity contribution in [2.45, 2.75) is 27.3 Å². The highest BCUT2D eigenvalue weighted by molar-refractivity contribution is 6.07. The summed E-state index contributed by atoms with van der Waals surface area (Å²) in [5, 5.41) is 8.21. The Morgan fingerprint density at radius 2 is 2.00 bits per heavy atom. The first-order valence-corrected chi connectivity index (χ1v) is 7.30. The highest BCUT2D eigenvalue weighted by Crippen LogP contribution is 2.23. The van der Waals surface area contributed by atoms with Gasteiger partial charge in [-0.1, -0.05) is 6.07 Å². The zero-order chi connectivity index (χ0) is 15.7. The molecule has 112 valence electrons. The largest absolute Gasteiger partial charge is 0.320 e. The summed E-state index contributed by atoms with van der Waals surface area (Å²) in [5.74, 6) is -0.157. The van der Waals surface area contributed by atoms with Gasteiger partial charge < -0.3 is 5.32 Å². The van der Waals surface area contributed by atoms with Gasteiger partial charge in [-0.3, -0.25) is 14.5 Å². The molecule has 0 spiro atoms. The molecule has 2 aromatic heterocycles. The maximum Gasteiger partial charge on any atom is 0.273 e. The summed E-state index contributed by atoms with van der Waals surface area (Å²) >= 11 is 0. The van der Waals surface area contributed by atoms with Crippen LogP contribution in [0.25, 0.3) is 10.9 Å². The highest BCUT2D eigenvalue weighted by Gasteiger charge is 2.14. The van der Waals surface area contributed by atoms with Crippen LogP contribution in [0.4, 0.5) is 5.69 Å². The second-order valence-corrected chi connectivity index (χ2v) is 5.27. The fourth-order valence-corrected chi connectivity index (χ4v) is 2.52. The number of benzene rings is 1. The molecule has 0 saturated heterocycles. The normalized spacial score (nSPS) is 10.9. The summed E-state index contributed by atoms with van der Waals surface area (Å²) in [6.07, 6.45) is 0. The van der Waals surface area contributed by atoms with Crippen LogP contribution in [0.2, 0.25) is 0 Å². The summed E-state index contributed by atoms with van der Waals surface area (Å²) in [5.41, 5.74) is 3.99. The van der Waals surface area contributed by atoms with E-state index in [1.165, 1.54) is 0 Å². The van der Waals surface area contributed by atoms with Crippen LogP contribution in [0.1, 0.15) is 28.8 Å². The van der Waals surface area contributed by atoms with Crippen molar-refractivity contribution in [1.82, 2.24) is 14.8 Å². The molecular weight excluding hydrogens is 276 g/mol. The van der Waals surface area contributed by atoms with Crippen LogP contribution >= 0.6 is 0 Å². The average molecular weight is 294 g/mol. The van der Waals surface area contributed by atoms with Crippen molar-refractivity contribution in [3.8, 4) is 0 Å². The van der Waals surface area contributed by atoms with Gasteiger partial charge in [-0.2, -0.15) is 5.10 Å². The first-order valence-electron chi connectivity index (χ1n) is 7.30. The van der Waals surface area contributed by atoms with Crippen LogP contribution in [-0.2, 0) is 6.54 Å². The predicted molar refractivity (Wildman–Crippen MR) is 87.1 cm³/mol. The van der Waals surface area contributed by atoms with Crippen molar-refractivity contribution < 1.29 is 4.79 Å². The lowest BCUT2D eigenvalue weighted by Crippen LogP contribution is -2.17. The lowest BCUT2D eigenvalue weighted by molar-refractivity contribution is 0.101. The summed E-state index contributed by atoms with van der Waals surface area (Å²) in [6.45, 7) is 6.46. The monoisotopic (exact) mass is 294 g/mol. The minimum atomic E-state index is -0.157.